The van der Waals surface area contributed by atoms with E-state index >= 15 is 0 Å². The zero-order valence-corrected chi connectivity index (χ0v) is 21.5. The number of benzene rings is 3. The monoisotopic (exact) mass is 523 g/mol. The van der Waals surface area contributed by atoms with Gasteiger partial charge in [-0.25, -0.2) is 0 Å². The van der Waals surface area contributed by atoms with Crippen molar-refractivity contribution in [2.75, 3.05) is 6.61 Å². The average molecular weight is 526 g/mol. The van der Waals surface area contributed by atoms with Gasteiger partial charge in [-0.2, -0.15) is 0 Å². The van der Waals surface area contributed by atoms with E-state index in [-0.39, 0.29) is 37.3 Å². The van der Waals surface area contributed by atoms with Crippen LogP contribution in [0, 0.1) is 10.4 Å². The maximum Gasteiger partial charge on any atom is -1.00 e. The van der Waals surface area contributed by atoms with E-state index in [9.17, 15) is 5.11 Å². The van der Waals surface area contributed by atoms with Crippen molar-refractivity contribution in [3.05, 3.63) is 110 Å². The molecule has 31 heavy (non-hydrogen) atoms. The van der Waals surface area contributed by atoms with Gasteiger partial charge >= 0.3 is 187 Å². The van der Waals surface area contributed by atoms with Gasteiger partial charge in [-0.05, 0) is 0 Å². The fourth-order valence-corrected chi connectivity index (χ4v) is 6.16. The summed E-state index contributed by atoms with van der Waals surface area (Å²) in [6.45, 7) is 4.62. The van der Waals surface area contributed by atoms with Gasteiger partial charge in [0.05, 0.1) is 0 Å². The minimum atomic E-state index is 0. The number of hydrogen-bond acceptors (Lipinski definition) is 1. The Morgan fingerprint density at radius 2 is 1.55 bits per heavy atom. The van der Waals surface area contributed by atoms with E-state index in [0.717, 1.165) is 0 Å². The van der Waals surface area contributed by atoms with Crippen molar-refractivity contribution >= 4 is 14.4 Å². The molecule has 4 heteroatoms. The Balaban J connectivity index is 0.00000136. The van der Waals surface area contributed by atoms with Gasteiger partial charge in [0.1, 0.15) is 0 Å². The first kappa shape index (κ1) is 24.2. The van der Waals surface area contributed by atoms with Crippen molar-refractivity contribution in [1.82, 2.24) is 0 Å². The molecule has 0 bridgehead atoms. The Bertz CT molecular complexity index is 1400. The van der Waals surface area contributed by atoms with E-state index in [2.05, 4.69) is 80.6 Å². The van der Waals surface area contributed by atoms with E-state index in [1.165, 1.54) is 82.3 Å². The fraction of sp³-hybridized carbons (Fsp3) is 0.185. The summed E-state index contributed by atoms with van der Waals surface area (Å²) in [5.41, 5.74) is 8.15. The van der Waals surface area contributed by atoms with Crippen molar-refractivity contribution in [1.29, 1.82) is 0 Å². The predicted octanol–water partition coefficient (Wildman–Crippen LogP) is -1.90. The van der Waals surface area contributed by atoms with Crippen LogP contribution in [0.3, 0.4) is 0 Å². The van der Waals surface area contributed by atoms with E-state index in [4.69, 9.17) is 0 Å². The number of aliphatic hydroxyl groups excluding tert-OH is 1. The predicted molar refractivity (Wildman–Crippen MR) is 115 cm³/mol. The first-order valence-electron chi connectivity index (χ1n) is 10.2. The third-order valence-corrected chi connectivity index (χ3v) is 7.50. The summed E-state index contributed by atoms with van der Waals surface area (Å²) in [5, 5.41) is 15.1. The number of rotatable bonds is 3. The summed E-state index contributed by atoms with van der Waals surface area (Å²) < 4.78 is 1.46. The van der Waals surface area contributed by atoms with Crippen molar-refractivity contribution in [2.24, 2.45) is 0 Å². The van der Waals surface area contributed by atoms with Crippen LogP contribution in [-0.2, 0) is 24.7 Å². The smallest absolute Gasteiger partial charge is 1.00 e. The second-order valence-corrected chi connectivity index (χ2v) is 9.33. The van der Waals surface area contributed by atoms with Crippen molar-refractivity contribution in [3.8, 4) is 0 Å². The SMILES string of the molecule is CC(C)=c1ccc2c(c1C1C=C(CCO)c3ccccc31)[C]([Zr+2])=c1ccccc1=2.[Cl-].[Cl-]. The molecule has 0 heterocycles. The summed E-state index contributed by atoms with van der Waals surface area (Å²) in [4.78, 5) is 0. The molecular weight excluding hydrogens is 502 g/mol. The van der Waals surface area contributed by atoms with Crippen LogP contribution < -0.4 is 35.3 Å². The van der Waals surface area contributed by atoms with Crippen molar-refractivity contribution < 1.29 is 54.6 Å². The van der Waals surface area contributed by atoms with E-state index in [1.54, 1.807) is 0 Å². The van der Waals surface area contributed by atoms with Gasteiger partial charge in [0.2, 0.25) is 0 Å². The molecule has 1 atom stereocenters. The Morgan fingerprint density at radius 3 is 2.26 bits per heavy atom. The van der Waals surface area contributed by atoms with Crippen LogP contribution in [0.25, 0.3) is 14.4 Å². The third kappa shape index (κ3) is 3.83. The molecule has 0 radical (unpaired) electrons. The second kappa shape index (κ2) is 9.59. The summed E-state index contributed by atoms with van der Waals surface area (Å²) in [6, 6.07) is 22.2. The molecule has 0 aliphatic heterocycles. The van der Waals surface area contributed by atoms with Crippen LogP contribution >= 0.6 is 0 Å². The maximum atomic E-state index is 9.62. The summed E-state index contributed by atoms with van der Waals surface area (Å²) in [6.07, 6.45) is 3.11. The number of hydrogen-bond donors (Lipinski definition) is 1. The summed E-state index contributed by atoms with van der Waals surface area (Å²) >= 11 is 1.46. The largest absolute Gasteiger partial charge is 1.00 e. The molecule has 3 aromatic carbocycles. The van der Waals surface area contributed by atoms with Crippen LogP contribution in [0.5, 0.6) is 0 Å². The number of halogens is 2. The van der Waals surface area contributed by atoms with Crippen LogP contribution in [0.1, 0.15) is 48.4 Å². The maximum absolute atomic E-state index is 9.62. The molecule has 155 valence electrons. The van der Waals surface area contributed by atoms with Gasteiger partial charge < -0.3 is 24.8 Å². The summed E-state index contributed by atoms with van der Waals surface area (Å²) in [5.74, 6) is 0.234. The van der Waals surface area contributed by atoms with Gasteiger partial charge in [0.15, 0.2) is 0 Å². The van der Waals surface area contributed by atoms with Gasteiger partial charge in [-0.1, -0.05) is 0 Å². The molecule has 0 saturated heterocycles. The molecule has 2 aliphatic carbocycles. The van der Waals surface area contributed by atoms with Gasteiger partial charge in [-0.15, -0.1) is 0 Å². The molecule has 0 aromatic heterocycles. The van der Waals surface area contributed by atoms with E-state index < -0.39 is 0 Å². The van der Waals surface area contributed by atoms with Gasteiger partial charge in [0.25, 0.3) is 0 Å². The minimum Gasteiger partial charge on any atom is -1.00 e. The van der Waals surface area contributed by atoms with Crippen molar-refractivity contribution in [3.63, 3.8) is 0 Å². The topological polar surface area (TPSA) is 20.2 Å². The molecule has 2 aliphatic rings. The molecular formula is C27H23Cl2OZr. The first-order chi connectivity index (χ1) is 14.1. The Morgan fingerprint density at radius 1 is 0.871 bits per heavy atom. The van der Waals surface area contributed by atoms with Gasteiger partial charge in [0, 0.05) is 0 Å². The normalized spacial score (nSPS) is 15.3. The van der Waals surface area contributed by atoms with Crippen LogP contribution in [-0.4, -0.2) is 11.7 Å². The Labute approximate surface area is 210 Å². The average Bonchev–Trinajstić information content (AvgIpc) is 3.24. The van der Waals surface area contributed by atoms with Gasteiger partial charge in [-0.3, -0.25) is 0 Å². The number of aliphatic hydroxyl groups is 1. The van der Waals surface area contributed by atoms with Crippen molar-refractivity contribution in [2.45, 2.75) is 26.2 Å². The van der Waals surface area contributed by atoms with E-state index in [1.807, 2.05) is 0 Å². The quantitative estimate of drug-likeness (QED) is 0.424. The molecule has 3 aromatic rings. The summed E-state index contributed by atoms with van der Waals surface area (Å²) in [7, 11) is 0. The minimum absolute atomic E-state index is 0. The molecule has 5 rings (SSSR count). The zero-order valence-electron chi connectivity index (χ0n) is 17.5. The Kier molecular flexibility index (Phi) is 7.49. The molecule has 0 amide bonds. The van der Waals surface area contributed by atoms with Crippen LogP contribution in [0.2, 0.25) is 0 Å². The number of fused-ring (bicyclic) bond motifs is 3. The Hall–Kier alpha value is -1.44. The fourth-order valence-electron chi connectivity index (χ4n) is 4.96. The molecule has 1 nitrogen and oxygen atoms in total. The number of allylic oxidation sites excluding steroid dienone is 1. The first-order valence-corrected chi connectivity index (χ1v) is 11.4. The molecule has 0 saturated carbocycles. The second-order valence-electron chi connectivity index (χ2n) is 8.10. The molecule has 0 fully saturated rings. The molecule has 1 unspecified atom stereocenters. The van der Waals surface area contributed by atoms with Crippen LogP contribution in [0.15, 0.2) is 66.7 Å². The van der Waals surface area contributed by atoms with Crippen LogP contribution in [0.4, 0.5) is 0 Å². The third-order valence-electron chi connectivity index (χ3n) is 6.22. The molecule has 0 spiro atoms. The zero-order chi connectivity index (χ0) is 20.1. The van der Waals surface area contributed by atoms with E-state index in [0.29, 0.717) is 6.42 Å². The molecule has 1 N–H and O–H groups in total. The standard InChI is InChI=1S/C27H23O.2ClH.Zr/c1-17(2)20-11-12-24-21-8-4-3-7-18(21)15-26(24)27(20)25-16-19(13-14-28)22-9-5-6-10-23(22)25;;;/h3-12,16,25,28H,13-14H2,1-2H3;2*1H;/q;;;+2/p-2.